The van der Waals surface area contributed by atoms with Crippen LogP contribution in [0.4, 0.5) is 4.39 Å². The summed E-state index contributed by atoms with van der Waals surface area (Å²) in [6.07, 6.45) is 0. The molecule has 0 amide bonds. The SMILES string of the molecule is Cc1cc2c(Cl)nc(-c3ccccc3C)nc2cc1F. The van der Waals surface area contributed by atoms with Gasteiger partial charge in [0.25, 0.3) is 0 Å². The number of halogens is 2. The molecule has 0 N–H and O–H groups in total. The van der Waals surface area contributed by atoms with Crippen LogP contribution in [0.15, 0.2) is 36.4 Å². The van der Waals surface area contributed by atoms with E-state index >= 15 is 0 Å². The number of nitrogens with zero attached hydrogens (tertiary/aromatic N) is 2. The smallest absolute Gasteiger partial charge is 0.161 e. The van der Waals surface area contributed by atoms with E-state index in [2.05, 4.69) is 9.97 Å². The maximum Gasteiger partial charge on any atom is 0.161 e. The van der Waals surface area contributed by atoms with Gasteiger partial charge in [-0.15, -0.1) is 0 Å². The molecule has 0 bridgehead atoms. The Bertz CT molecular complexity index is 815. The Balaban J connectivity index is 2.30. The summed E-state index contributed by atoms with van der Waals surface area (Å²) in [5, 5.41) is 1.01. The van der Waals surface area contributed by atoms with Crippen LogP contribution in [0.25, 0.3) is 22.3 Å². The highest BCUT2D eigenvalue weighted by Crippen LogP contribution is 2.28. The van der Waals surface area contributed by atoms with E-state index in [-0.39, 0.29) is 5.82 Å². The summed E-state index contributed by atoms with van der Waals surface area (Å²) in [5.74, 6) is 0.229. The normalized spacial score (nSPS) is 11.0. The van der Waals surface area contributed by atoms with Crippen molar-refractivity contribution in [3.05, 3.63) is 58.5 Å². The van der Waals surface area contributed by atoms with Crippen molar-refractivity contribution < 1.29 is 4.39 Å². The summed E-state index contributed by atoms with van der Waals surface area (Å²) in [6.45, 7) is 3.67. The molecule has 1 heterocycles. The van der Waals surface area contributed by atoms with E-state index in [1.54, 1.807) is 13.0 Å². The van der Waals surface area contributed by atoms with Gasteiger partial charge in [0.05, 0.1) is 5.52 Å². The van der Waals surface area contributed by atoms with Gasteiger partial charge in [-0.25, -0.2) is 14.4 Å². The molecule has 1 aromatic heterocycles. The van der Waals surface area contributed by atoms with Gasteiger partial charge in [-0.2, -0.15) is 0 Å². The Kier molecular flexibility index (Phi) is 3.14. The zero-order valence-corrected chi connectivity index (χ0v) is 11.9. The molecule has 0 aliphatic rings. The molecule has 3 aromatic rings. The van der Waals surface area contributed by atoms with Crippen LogP contribution in [-0.4, -0.2) is 9.97 Å². The van der Waals surface area contributed by atoms with Gasteiger partial charge < -0.3 is 0 Å². The van der Waals surface area contributed by atoms with Crippen LogP contribution in [0.3, 0.4) is 0 Å². The molecule has 0 fully saturated rings. The highest BCUT2D eigenvalue weighted by molar-refractivity contribution is 6.34. The standard InChI is InChI=1S/C16H12ClFN2/c1-9-5-3-4-6-11(9)16-19-14-8-13(18)10(2)7-12(14)15(17)20-16/h3-8H,1-2H3. The fourth-order valence-corrected chi connectivity index (χ4v) is 2.40. The quantitative estimate of drug-likeness (QED) is 0.606. The molecule has 0 atom stereocenters. The van der Waals surface area contributed by atoms with Gasteiger partial charge in [-0.3, -0.25) is 0 Å². The molecule has 0 spiro atoms. The van der Waals surface area contributed by atoms with E-state index in [1.165, 1.54) is 6.07 Å². The van der Waals surface area contributed by atoms with E-state index in [1.807, 2.05) is 31.2 Å². The van der Waals surface area contributed by atoms with Crippen molar-refractivity contribution in [1.29, 1.82) is 0 Å². The van der Waals surface area contributed by atoms with Crippen LogP contribution >= 0.6 is 11.6 Å². The first-order chi connectivity index (χ1) is 9.56. The van der Waals surface area contributed by atoms with Crippen LogP contribution in [0, 0.1) is 19.7 Å². The van der Waals surface area contributed by atoms with Crippen LogP contribution in [-0.2, 0) is 0 Å². The minimum Gasteiger partial charge on any atom is -0.228 e. The summed E-state index contributed by atoms with van der Waals surface area (Å²) in [5.41, 5.74) is 3.01. The van der Waals surface area contributed by atoms with Gasteiger partial charge in [0.15, 0.2) is 5.82 Å². The second kappa shape index (κ2) is 4.84. The Labute approximate surface area is 121 Å². The second-order valence-electron chi connectivity index (χ2n) is 4.77. The van der Waals surface area contributed by atoms with Gasteiger partial charge in [-0.05, 0) is 31.0 Å². The van der Waals surface area contributed by atoms with E-state index in [0.717, 1.165) is 11.1 Å². The topological polar surface area (TPSA) is 25.8 Å². The molecule has 100 valence electrons. The van der Waals surface area contributed by atoms with Gasteiger partial charge >= 0.3 is 0 Å². The lowest BCUT2D eigenvalue weighted by Crippen LogP contribution is -1.95. The minimum absolute atomic E-state index is 0.289. The van der Waals surface area contributed by atoms with E-state index in [4.69, 9.17) is 11.6 Å². The molecule has 0 saturated carbocycles. The Morgan fingerprint density at radius 3 is 2.50 bits per heavy atom. The predicted octanol–water partition coefficient (Wildman–Crippen LogP) is 4.71. The maximum atomic E-state index is 13.7. The van der Waals surface area contributed by atoms with Crippen molar-refractivity contribution >= 4 is 22.5 Å². The average Bonchev–Trinajstić information content (AvgIpc) is 2.41. The third-order valence-corrected chi connectivity index (χ3v) is 3.60. The molecule has 2 aromatic carbocycles. The molecule has 0 saturated heterocycles. The first-order valence-corrected chi connectivity index (χ1v) is 6.63. The summed E-state index contributed by atoms with van der Waals surface area (Å²) in [6, 6.07) is 10.8. The zero-order valence-electron chi connectivity index (χ0n) is 11.1. The monoisotopic (exact) mass is 286 g/mol. The van der Waals surface area contributed by atoms with E-state index < -0.39 is 0 Å². The van der Waals surface area contributed by atoms with Crippen molar-refractivity contribution in [2.24, 2.45) is 0 Å². The van der Waals surface area contributed by atoms with E-state index in [0.29, 0.717) is 27.4 Å². The van der Waals surface area contributed by atoms with Crippen molar-refractivity contribution in [2.45, 2.75) is 13.8 Å². The van der Waals surface area contributed by atoms with E-state index in [9.17, 15) is 4.39 Å². The fourth-order valence-electron chi connectivity index (χ4n) is 2.17. The van der Waals surface area contributed by atoms with Crippen LogP contribution in [0.1, 0.15) is 11.1 Å². The largest absolute Gasteiger partial charge is 0.228 e. The number of fused-ring (bicyclic) bond motifs is 1. The summed E-state index contributed by atoms with van der Waals surface area (Å²) < 4.78 is 13.7. The Hall–Kier alpha value is -2.00. The van der Waals surface area contributed by atoms with Crippen LogP contribution < -0.4 is 0 Å². The summed E-state index contributed by atoms with van der Waals surface area (Å²) in [4.78, 5) is 8.77. The van der Waals surface area contributed by atoms with Crippen molar-refractivity contribution in [2.75, 3.05) is 0 Å². The van der Waals surface area contributed by atoms with Gasteiger partial charge in [-0.1, -0.05) is 35.9 Å². The third-order valence-electron chi connectivity index (χ3n) is 3.32. The van der Waals surface area contributed by atoms with Crippen LogP contribution in [0.5, 0.6) is 0 Å². The molecule has 0 aliphatic carbocycles. The number of rotatable bonds is 1. The first-order valence-electron chi connectivity index (χ1n) is 6.25. The third kappa shape index (κ3) is 2.14. The fraction of sp³-hybridized carbons (Fsp3) is 0.125. The lowest BCUT2D eigenvalue weighted by molar-refractivity contribution is 0.620. The Morgan fingerprint density at radius 2 is 1.75 bits per heavy atom. The second-order valence-corrected chi connectivity index (χ2v) is 5.13. The van der Waals surface area contributed by atoms with Crippen LogP contribution in [0.2, 0.25) is 5.15 Å². The number of hydrogen-bond acceptors (Lipinski definition) is 2. The molecular weight excluding hydrogens is 275 g/mol. The number of hydrogen-bond donors (Lipinski definition) is 0. The molecule has 0 unspecified atom stereocenters. The summed E-state index contributed by atoms with van der Waals surface area (Å²) >= 11 is 6.22. The molecule has 2 nitrogen and oxygen atoms in total. The molecule has 0 aliphatic heterocycles. The molecule has 0 radical (unpaired) electrons. The molecule has 20 heavy (non-hydrogen) atoms. The summed E-state index contributed by atoms with van der Waals surface area (Å²) in [7, 11) is 0. The minimum atomic E-state index is -0.289. The molecule has 3 rings (SSSR count). The number of aryl methyl sites for hydroxylation is 2. The number of aromatic nitrogens is 2. The first kappa shape index (κ1) is 13.0. The molecule has 4 heteroatoms. The highest BCUT2D eigenvalue weighted by Gasteiger charge is 2.11. The highest BCUT2D eigenvalue weighted by atomic mass is 35.5. The van der Waals surface area contributed by atoms with Crippen molar-refractivity contribution in [1.82, 2.24) is 9.97 Å². The zero-order chi connectivity index (χ0) is 14.3. The van der Waals surface area contributed by atoms with Gasteiger partial charge in [0.2, 0.25) is 0 Å². The average molecular weight is 287 g/mol. The lowest BCUT2D eigenvalue weighted by Gasteiger charge is -2.08. The van der Waals surface area contributed by atoms with Gasteiger partial charge in [0, 0.05) is 17.0 Å². The predicted molar refractivity (Wildman–Crippen MR) is 79.4 cm³/mol. The lowest BCUT2D eigenvalue weighted by atomic mass is 10.1. The van der Waals surface area contributed by atoms with Crippen molar-refractivity contribution in [3.63, 3.8) is 0 Å². The van der Waals surface area contributed by atoms with Gasteiger partial charge in [0.1, 0.15) is 11.0 Å². The van der Waals surface area contributed by atoms with Crippen molar-refractivity contribution in [3.8, 4) is 11.4 Å². The Morgan fingerprint density at radius 1 is 1.00 bits per heavy atom. The maximum absolute atomic E-state index is 13.7. The number of benzene rings is 2. The molecular formula is C16H12ClFN2.